The highest BCUT2D eigenvalue weighted by molar-refractivity contribution is 8.16. The topological polar surface area (TPSA) is 64.9 Å². The van der Waals surface area contributed by atoms with Crippen LogP contribution in [0.1, 0.15) is 24.0 Å². The maximum absolute atomic E-state index is 12.1. The fourth-order valence-electron chi connectivity index (χ4n) is 2.54. The molecule has 22 heavy (non-hydrogen) atoms. The van der Waals surface area contributed by atoms with E-state index in [0.29, 0.717) is 13.0 Å². The van der Waals surface area contributed by atoms with Crippen LogP contribution >= 0.6 is 11.8 Å². The number of amidine groups is 1. The van der Waals surface area contributed by atoms with Gasteiger partial charge >= 0.3 is 0 Å². The van der Waals surface area contributed by atoms with Crippen molar-refractivity contribution >= 4 is 22.8 Å². The summed E-state index contributed by atoms with van der Waals surface area (Å²) in [5.74, 6) is 0.00748. The molecule has 0 fully saturated rings. The number of rotatable bonds is 5. The molecule has 2 heterocycles. The van der Waals surface area contributed by atoms with Gasteiger partial charge in [0.1, 0.15) is 0 Å². The standard InChI is InChI=1S/C16H19N3O2S/c20-10-13-4-1-3-12(7-13)9-18-15(21)8-14-11-22-16-17-5-2-6-19(14)16/h1,3-4,7,11,20H,2,5-6,8-10H2,(H,18,21). The van der Waals surface area contributed by atoms with Crippen molar-refractivity contribution < 1.29 is 9.90 Å². The van der Waals surface area contributed by atoms with E-state index in [1.54, 1.807) is 11.8 Å². The van der Waals surface area contributed by atoms with Gasteiger partial charge in [0.25, 0.3) is 0 Å². The van der Waals surface area contributed by atoms with E-state index in [2.05, 4.69) is 15.2 Å². The van der Waals surface area contributed by atoms with Gasteiger partial charge in [0.05, 0.1) is 13.0 Å². The second kappa shape index (κ2) is 6.98. The van der Waals surface area contributed by atoms with Gasteiger partial charge in [-0.25, -0.2) is 0 Å². The fraction of sp³-hybridized carbons (Fsp3) is 0.375. The number of thioether (sulfide) groups is 1. The number of aliphatic hydroxyl groups is 1. The molecule has 6 heteroatoms. The summed E-state index contributed by atoms with van der Waals surface area (Å²) >= 11 is 1.60. The van der Waals surface area contributed by atoms with Crippen LogP contribution in [-0.2, 0) is 17.9 Å². The Morgan fingerprint density at radius 3 is 3.14 bits per heavy atom. The summed E-state index contributed by atoms with van der Waals surface area (Å²) in [5, 5.41) is 15.1. The van der Waals surface area contributed by atoms with Crippen LogP contribution in [0.15, 0.2) is 40.4 Å². The number of carbonyl (C=O) groups is 1. The van der Waals surface area contributed by atoms with Crippen LogP contribution in [0.4, 0.5) is 0 Å². The zero-order valence-electron chi connectivity index (χ0n) is 12.3. The number of carbonyl (C=O) groups excluding carboxylic acids is 1. The maximum Gasteiger partial charge on any atom is 0.226 e. The first-order valence-corrected chi connectivity index (χ1v) is 8.27. The number of nitrogens with zero attached hydrogens (tertiary/aromatic N) is 2. The maximum atomic E-state index is 12.1. The van der Waals surface area contributed by atoms with Crippen LogP contribution < -0.4 is 5.32 Å². The lowest BCUT2D eigenvalue weighted by Gasteiger charge is -2.25. The molecular weight excluding hydrogens is 298 g/mol. The molecule has 0 spiro atoms. The largest absolute Gasteiger partial charge is 0.392 e. The van der Waals surface area contributed by atoms with Crippen molar-refractivity contribution in [1.29, 1.82) is 0 Å². The fourth-order valence-corrected chi connectivity index (χ4v) is 3.49. The number of fused-ring (bicyclic) bond motifs is 1. The number of aliphatic imine (C=N–C) groups is 1. The molecule has 0 aliphatic carbocycles. The summed E-state index contributed by atoms with van der Waals surface area (Å²) in [7, 11) is 0. The van der Waals surface area contributed by atoms with Gasteiger partial charge in [-0.2, -0.15) is 0 Å². The SMILES string of the molecule is O=C(CC1=CSC2=NCCCN12)NCc1cccc(CO)c1. The summed E-state index contributed by atoms with van der Waals surface area (Å²) in [6.45, 7) is 2.33. The summed E-state index contributed by atoms with van der Waals surface area (Å²) in [4.78, 5) is 18.7. The van der Waals surface area contributed by atoms with Gasteiger partial charge in [-0.05, 0) is 23.0 Å². The van der Waals surface area contributed by atoms with Gasteiger partial charge in [-0.15, -0.1) is 0 Å². The molecule has 1 amide bonds. The minimum absolute atomic E-state index is 0.00748. The van der Waals surface area contributed by atoms with E-state index in [1.165, 1.54) is 0 Å². The molecule has 2 aliphatic heterocycles. The van der Waals surface area contributed by atoms with E-state index in [1.807, 2.05) is 29.7 Å². The summed E-state index contributed by atoms with van der Waals surface area (Å²) in [6, 6.07) is 7.60. The lowest BCUT2D eigenvalue weighted by atomic mass is 10.1. The number of benzene rings is 1. The number of amides is 1. The quantitative estimate of drug-likeness (QED) is 0.870. The van der Waals surface area contributed by atoms with Gasteiger partial charge in [0.15, 0.2) is 5.17 Å². The predicted octanol–water partition coefficient (Wildman–Crippen LogP) is 1.84. The van der Waals surface area contributed by atoms with Crippen molar-refractivity contribution in [3.63, 3.8) is 0 Å². The Balaban J connectivity index is 1.52. The molecule has 0 saturated carbocycles. The zero-order valence-corrected chi connectivity index (χ0v) is 13.1. The van der Waals surface area contributed by atoms with Crippen molar-refractivity contribution in [3.8, 4) is 0 Å². The molecule has 1 aromatic rings. The second-order valence-corrected chi connectivity index (χ2v) is 6.16. The van der Waals surface area contributed by atoms with Crippen molar-refractivity contribution in [2.75, 3.05) is 13.1 Å². The predicted molar refractivity (Wildman–Crippen MR) is 88.1 cm³/mol. The second-order valence-electron chi connectivity index (χ2n) is 5.33. The number of aliphatic hydroxyl groups excluding tert-OH is 1. The van der Waals surface area contributed by atoms with Crippen molar-refractivity contribution in [1.82, 2.24) is 10.2 Å². The van der Waals surface area contributed by atoms with Gasteiger partial charge in [-0.1, -0.05) is 36.0 Å². The molecule has 2 N–H and O–H groups in total. The van der Waals surface area contributed by atoms with E-state index in [4.69, 9.17) is 5.11 Å². The highest BCUT2D eigenvalue weighted by atomic mass is 32.2. The molecular formula is C16H19N3O2S. The molecule has 3 rings (SSSR count). The smallest absolute Gasteiger partial charge is 0.226 e. The van der Waals surface area contributed by atoms with Crippen molar-refractivity contribution in [2.45, 2.75) is 26.0 Å². The molecule has 1 aromatic carbocycles. The summed E-state index contributed by atoms with van der Waals surface area (Å²) in [5.41, 5.74) is 2.88. The monoisotopic (exact) mass is 317 g/mol. The molecule has 2 aliphatic rings. The number of nitrogens with one attached hydrogen (secondary N) is 1. The molecule has 0 saturated heterocycles. The third kappa shape index (κ3) is 3.51. The summed E-state index contributed by atoms with van der Waals surface area (Å²) < 4.78 is 0. The average molecular weight is 317 g/mol. The first-order valence-electron chi connectivity index (χ1n) is 7.39. The van der Waals surface area contributed by atoms with Gasteiger partial charge in [-0.3, -0.25) is 9.79 Å². The molecule has 0 bridgehead atoms. The normalized spacial score (nSPS) is 16.9. The lowest BCUT2D eigenvalue weighted by molar-refractivity contribution is -0.120. The minimum atomic E-state index is 0.00748. The molecule has 116 valence electrons. The van der Waals surface area contributed by atoms with Crippen LogP contribution in [-0.4, -0.2) is 34.2 Å². The Labute approximate surface area is 134 Å². The summed E-state index contributed by atoms with van der Waals surface area (Å²) in [6.07, 6.45) is 1.42. The highest BCUT2D eigenvalue weighted by Gasteiger charge is 2.25. The third-order valence-corrected chi connectivity index (χ3v) is 4.62. The number of hydrogen-bond donors (Lipinski definition) is 2. The van der Waals surface area contributed by atoms with Gasteiger partial charge < -0.3 is 15.3 Å². The van der Waals surface area contributed by atoms with Crippen LogP contribution in [0.2, 0.25) is 0 Å². The molecule has 0 aromatic heterocycles. The highest BCUT2D eigenvalue weighted by Crippen LogP contribution is 2.30. The van der Waals surface area contributed by atoms with E-state index in [9.17, 15) is 4.79 Å². The van der Waals surface area contributed by atoms with E-state index in [0.717, 1.165) is 41.5 Å². The van der Waals surface area contributed by atoms with Crippen LogP contribution in [0, 0.1) is 0 Å². The van der Waals surface area contributed by atoms with Gasteiger partial charge in [0.2, 0.25) is 5.91 Å². The first-order chi connectivity index (χ1) is 10.8. The van der Waals surface area contributed by atoms with Crippen molar-refractivity contribution in [3.05, 3.63) is 46.5 Å². The molecule has 0 unspecified atom stereocenters. The van der Waals surface area contributed by atoms with E-state index < -0.39 is 0 Å². The Morgan fingerprint density at radius 2 is 2.27 bits per heavy atom. The third-order valence-electron chi connectivity index (χ3n) is 3.67. The van der Waals surface area contributed by atoms with Crippen LogP contribution in [0.25, 0.3) is 0 Å². The van der Waals surface area contributed by atoms with Crippen molar-refractivity contribution in [2.24, 2.45) is 4.99 Å². The Kier molecular flexibility index (Phi) is 4.80. The molecule has 0 radical (unpaired) electrons. The minimum Gasteiger partial charge on any atom is -0.392 e. The van der Waals surface area contributed by atoms with E-state index in [-0.39, 0.29) is 12.5 Å². The van der Waals surface area contributed by atoms with E-state index >= 15 is 0 Å². The van der Waals surface area contributed by atoms with Crippen LogP contribution in [0.5, 0.6) is 0 Å². The number of hydrogen-bond acceptors (Lipinski definition) is 5. The molecule has 5 nitrogen and oxygen atoms in total. The lowest BCUT2D eigenvalue weighted by Crippen LogP contribution is -2.32. The average Bonchev–Trinajstić information content (AvgIpc) is 2.96. The molecule has 0 atom stereocenters. The zero-order chi connectivity index (χ0) is 15.4. The first kappa shape index (κ1) is 15.1. The van der Waals surface area contributed by atoms with Gasteiger partial charge in [0, 0.05) is 25.3 Å². The van der Waals surface area contributed by atoms with Crippen LogP contribution in [0.3, 0.4) is 0 Å². The Morgan fingerprint density at radius 1 is 1.41 bits per heavy atom. The Hall–Kier alpha value is -1.79. The Bertz CT molecular complexity index is 628.